The number of nitrogens with zero attached hydrogens (tertiary/aromatic N) is 1. The third-order valence-electron chi connectivity index (χ3n) is 3.60. The van der Waals surface area contributed by atoms with Crippen molar-refractivity contribution in [1.29, 1.82) is 0 Å². The Morgan fingerprint density at radius 3 is 2.82 bits per heavy atom. The van der Waals surface area contributed by atoms with Crippen LogP contribution in [-0.4, -0.2) is 49.1 Å². The van der Waals surface area contributed by atoms with Crippen molar-refractivity contribution < 1.29 is 19.1 Å². The Morgan fingerprint density at radius 2 is 2.18 bits per heavy atom. The largest absolute Gasteiger partial charge is 0.483 e. The van der Waals surface area contributed by atoms with Crippen molar-refractivity contribution in [3.05, 3.63) is 29.8 Å². The summed E-state index contributed by atoms with van der Waals surface area (Å²) in [5.74, 6) is -0.330. The van der Waals surface area contributed by atoms with E-state index in [1.807, 2.05) is 6.92 Å². The maximum Gasteiger partial charge on any atom is 0.257 e. The van der Waals surface area contributed by atoms with Crippen molar-refractivity contribution >= 4 is 11.8 Å². The van der Waals surface area contributed by atoms with Crippen molar-refractivity contribution in [2.45, 2.75) is 25.9 Å². The molecule has 2 amide bonds. The summed E-state index contributed by atoms with van der Waals surface area (Å²) in [4.78, 5) is 25.3. The number of carbonyl (C=O) groups excluding carboxylic acids is 2. The molecule has 1 fully saturated rings. The number of rotatable bonds is 7. The van der Waals surface area contributed by atoms with Gasteiger partial charge in [-0.2, -0.15) is 0 Å². The smallest absolute Gasteiger partial charge is 0.257 e. The van der Waals surface area contributed by atoms with E-state index in [0.717, 1.165) is 19.4 Å². The standard InChI is InChI=1S/C16H22N2O4/c1-2-18(10-12-6-5-9-21-12)16(20)13-7-3-4-8-14(13)22-11-15(17)19/h3-4,7-8,12H,2,5-6,9-11H2,1H3,(H2,17,19). The summed E-state index contributed by atoms with van der Waals surface area (Å²) in [6.45, 7) is 3.60. The van der Waals surface area contributed by atoms with E-state index >= 15 is 0 Å². The number of para-hydroxylation sites is 1. The first-order chi connectivity index (χ1) is 10.6. The van der Waals surface area contributed by atoms with Gasteiger partial charge < -0.3 is 20.1 Å². The lowest BCUT2D eigenvalue weighted by atomic mass is 10.1. The minimum absolute atomic E-state index is 0.0996. The van der Waals surface area contributed by atoms with Crippen LogP contribution in [0.15, 0.2) is 24.3 Å². The van der Waals surface area contributed by atoms with E-state index in [1.54, 1.807) is 29.2 Å². The SMILES string of the molecule is CCN(CC1CCCO1)C(=O)c1ccccc1OCC(N)=O. The zero-order valence-corrected chi connectivity index (χ0v) is 12.8. The third kappa shape index (κ3) is 4.21. The Bertz CT molecular complexity index is 527. The van der Waals surface area contributed by atoms with Crippen LogP contribution in [0.2, 0.25) is 0 Å². The van der Waals surface area contributed by atoms with Gasteiger partial charge in [-0.15, -0.1) is 0 Å². The molecule has 1 aliphatic heterocycles. The van der Waals surface area contributed by atoms with Crippen molar-refractivity contribution in [3.8, 4) is 5.75 Å². The van der Waals surface area contributed by atoms with Gasteiger partial charge in [0.2, 0.25) is 0 Å². The second-order valence-corrected chi connectivity index (χ2v) is 5.23. The fraction of sp³-hybridized carbons (Fsp3) is 0.500. The normalized spacial score (nSPS) is 17.2. The second kappa shape index (κ2) is 7.79. The summed E-state index contributed by atoms with van der Waals surface area (Å²) in [6, 6.07) is 6.88. The highest BCUT2D eigenvalue weighted by atomic mass is 16.5. The first-order valence-electron chi connectivity index (χ1n) is 7.52. The van der Waals surface area contributed by atoms with Crippen LogP contribution in [-0.2, 0) is 9.53 Å². The van der Waals surface area contributed by atoms with Crippen LogP contribution >= 0.6 is 0 Å². The number of benzene rings is 1. The summed E-state index contributed by atoms with van der Waals surface area (Å²) < 4.78 is 10.9. The summed E-state index contributed by atoms with van der Waals surface area (Å²) in [5, 5.41) is 0. The molecule has 1 unspecified atom stereocenters. The van der Waals surface area contributed by atoms with Crippen LogP contribution in [0.1, 0.15) is 30.1 Å². The lowest BCUT2D eigenvalue weighted by molar-refractivity contribution is -0.119. The first kappa shape index (κ1) is 16.3. The minimum atomic E-state index is -0.575. The molecule has 0 bridgehead atoms. The van der Waals surface area contributed by atoms with Crippen LogP contribution in [0.3, 0.4) is 0 Å². The molecule has 2 rings (SSSR count). The fourth-order valence-electron chi connectivity index (χ4n) is 2.48. The molecule has 0 spiro atoms. The molecule has 120 valence electrons. The Hall–Kier alpha value is -2.08. The highest BCUT2D eigenvalue weighted by molar-refractivity contribution is 5.97. The third-order valence-corrected chi connectivity index (χ3v) is 3.60. The van der Waals surface area contributed by atoms with Gasteiger partial charge in [-0.25, -0.2) is 0 Å². The molecule has 0 aromatic heterocycles. The van der Waals surface area contributed by atoms with Crippen molar-refractivity contribution in [3.63, 3.8) is 0 Å². The van der Waals surface area contributed by atoms with E-state index in [1.165, 1.54) is 0 Å². The molecule has 1 aromatic carbocycles. The molecule has 0 saturated carbocycles. The Balaban J connectivity index is 2.10. The van der Waals surface area contributed by atoms with E-state index < -0.39 is 5.91 Å². The lowest BCUT2D eigenvalue weighted by Crippen LogP contribution is -2.37. The molecule has 1 aromatic rings. The quantitative estimate of drug-likeness (QED) is 0.820. The first-order valence-corrected chi connectivity index (χ1v) is 7.52. The van der Waals surface area contributed by atoms with Crippen LogP contribution in [0.25, 0.3) is 0 Å². The summed E-state index contributed by atoms with van der Waals surface area (Å²) in [7, 11) is 0. The predicted octanol–water partition coefficient (Wildman–Crippen LogP) is 1.19. The molecule has 1 saturated heterocycles. The molecular formula is C16H22N2O4. The summed E-state index contributed by atoms with van der Waals surface area (Å²) in [5.41, 5.74) is 5.52. The molecular weight excluding hydrogens is 284 g/mol. The van der Waals surface area contributed by atoms with Gasteiger partial charge in [-0.1, -0.05) is 12.1 Å². The van der Waals surface area contributed by atoms with Crippen molar-refractivity contribution in [2.24, 2.45) is 5.73 Å². The molecule has 6 heteroatoms. The van der Waals surface area contributed by atoms with Gasteiger partial charge >= 0.3 is 0 Å². The average Bonchev–Trinajstić information content (AvgIpc) is 3.03. The van der Waals surface area contributed by atoms with Gasteiger partial charge in [0.25, 0.3) is 11.8 Å². The van der Waals surface area contributed by atoms with Gasteiger partial charge in [-0.3, -0.25) is 9.59 Å². The fourth-order valence-corrected chi connectivity index (χ4v) is 2.48. The Morgan fingerprint density at radius 1 is 1.41 bits per heavy atom. The van der Waals surface area contributed by atoms with Crippen molar-refractivity contribution in [2.75, 3.05) is 26.3 Å². The molecule has 1 atom stereocenters. The van der Waals surface area contributed by atoms with Gasteiger partial charge in [-0.05, 0) is 31.9 Å². The predicted molar refractivity (Wildman–Crippen MR) is 81.7 cm³/mol. The molecule has 1 aliphatic rings. The zero-order valence-electron chi connectivity index (χ0n) is 12.8. The maximum atomic E-state index is 12.7. The van der Waals surface area contributed by atoms with Crippen LogP contribution < -0.4 is 10.5 Å². The monoisotopic (exact) mass is 306 g/mol. The minimum Gasteiger partial charge on any atom is -0.483 e. The molecule has 22 heavy (non-hydrogen) atoms. The highest BCUT2D eigenvalue weighted by Crippen LogP contribution is 2.21. The lowest BCUT2D eigenvalue weighted by Gasteiger charge is -2.24. The van der Waals surface area contributed by atoms with Gasteiger partial charge in [0, 0.05) is 19.7 Å². The molecule has 1 heterocycles. The highest BCUT2D eigenvalue weighted by Gasteiger charge is 2.24. The number of ether oxygens (including phenoxy) is 2. The van der Waals surface area contributed by atoms with Gasteiger partial charge in [0.15, 0.2) is 6.61 Å². The van der Waals surface area contributed by atoms with Gasteiger partial charge in [0.1, 0.15) is 5.75 Å². The molecule has 6 nitrogen and oxygen atoms in total. The van der Waals surface area contributed by atoms with Crippen LogP contribution in [0, 0.1) is 0 Å². The van der Waals surface area contributed by atoms with E-state index in [-0.39, 0.29) is 18.6 Å². The maximum absolute atomic E-state index is 12.7. The number of likely N-dealkylation sites (N-methyl/N-ethyl adjacent to an activating group) is 1. The van der Waals surface area contributed by atoms with Crippen LogP contribution in [0.5, 0.6) is 5.75 Å². The zero-order chi connectivity index (χ0) is 15.9. The van der Waals surface area contributed by atoms with E-state index in [9.17, 15) is 9.59 Å². The topological polar surface area (TPSA) is 81.9 Å². The number of primary amides is 1. The summed E-state index contributed by atoms with van der Waals surface area (Å²) >= 11 is 0. The molecule has 2 N–H and O–H groups in total. The van der Waals surface area contributed by atoms with Crippen molar-refractivity contribution in [1.82, 2.24) is 4.90 Å². The average molecular weight is 306 g/mol. The summed E-state index contributed by atoms with van der Waals surface area (Å²) in [6.07, 6.45) is 2.11. The number of carbonyl (C=O) groups is 2. The molecule has 0 aliphatic carbocycles. The van der Waals surface area contributed by atoms with Gasteiger partial charge in [0.05, 0.1) is 11.7 Å². The number of hydrogen-bond donors (Lipinski definition) is 1. The van der Waals surface area contributed by atoms with E-state index in [2.05, 4.69) is 0 Å². The molecule has 0 radical (unpaired) electrons. The second-order valence-electron chi connectivity index (χ2n) is 5.23. The van der Waals surface area contributed by atoms with E-state index in [0.29, 0.717) is 24.4 Å². The number of nitrogens with two attached hydrogens (primary N) is 1. The Labute approximate surface area is 130 Å². The Kier molecular flexibility index (Phi) is 5.77. The van der Waals surface area contributed by atoms with Crippen LogP contribution in [0.4, 0.5) is 0 Å². The van der Waals surface area contributed by atoms with E-state index in [4.69, 9.17) is 15.2 Å². The number of hydrogen-bond acceptors (Lipinski definition) is 4. The number of amides is 2.